The largest absolute Gasteiger partial charge is 0.481 e. The molecule has 2 aliphatic rings. The summed E-state index contributed by atoms with van der Waals surface area (Å²) in [6, 6.07) is 3.92. The maximum atomic E-state index is 12.7. The van der Waals surface area contributed by atoms with Crippen LogP contribution in [0.3, 0.4) is 0 Å². The van der Waals surface area contributed by atoms with Gasteiger partial charge in [0, 0.05) is 32.4 Å². The molecule has 1 aromatic heterocycles. The van der Waals surface area contributed by atoms with Crippen molar-refractivity contribution in [2.75, 3.05) is 27.2 Å². The molecule has 1 amide bonds. The smallest absolute Gasteiger partial charge is 0.242 e. The Bertz CT molecular complexity index is 517. The fourth-order valence-electron chi connectivity index (χ4n) is 3.71. The summed E-state index contributed by atoms with van der Waals surface area (Å²) in [7, 11) is 3.54. The Kier molecular flexibility index (Phi) is 3.85. The highest BCUT2D eigenvalue weighted by Crippen LogP contribution is 2.38. The van der Waals surface area contributed by atoms with E-state index in [0.717, 1.165) is 50.9 Å². The van der Waals surface area contributed by atoms with Gasteiger partial charge in [-0.15, -0.1) is 0 Å². The van der Waals surface area contributed by atoms with Crippen LogP contribution in [0.5, 0.6) is 5.88 Å². The Hall–Kier alpha value is -1.62. The molecular formula is C16H23N3O2. The molecule has 0 bridgehead atoms. The molecule has 0 aromatic carbocycles. The zero-order valence-electron chi connectivity index (χ0n) is 12.8. The summed E-state index contributed by atoms with van der Waals surface area (Å²) in [5, 5.41) is 0. The number of hydrogen-bond donors (Lipinski definition) is 0. The lowest BCUT2D eigenvalue weighted by Gasteiger charge is -2.43. The van der Waals surface area contributed by atoms with Gasteiger partial charge in [0.05, 0.1) is 7.11 Å². The highest BCUT2D eigenvalue weighted by atomic mass is 16.5. The molecule has 1 aromatic rings. The third kappa shape index (κ3) is 2.50. The highest BCUT2D eigenvalue weighted by molar-refractivity contribution is 5.87. The normalized spacial score (nSPS) is 26.6. The Balaban J connectivity index is 1.78. The summed E-state index contributed by atoms with van der Waals surface area (Å²) in [5.41, 5.74) is 0.866. The molecule has 0 N–H and O–H groups in total. The minimum atomic E-state index is -0.271. The number of pyridine rings is 1. The first-order valence-corrected chi connectivity index (χ1v) is 7.65. The minimum Gasteiger partial charge on any atom is -0.481 e. The van der Waals surface area contributed by atoms with Gasteiger partial charge in [-0.25, -0.2) is 4.98 Å². The van der Waals surface area contributed by atoms with Gasteiger partial charge in [0.15, 0.2) is 0 Å². The average molecular weight is 289 g/mol. The molecule has 0 saturated carbocycles. The Labute approximate surface area is 125 Å². The van der Waals surface area contributed by atoms with Crippen molar-refractivity contribution < 1.29 is 9.53 Å². The molecule has 0 radical (unpaired) electrons. The van der Waals surface area contributed by atoms with Gasteiger partial charge in [-0.05, 0) is 37.8 Å². The summed E-state index contributed by atoms with van der Waals surface area (Å²) in [6.45, 7) is 2.67. The molecule has 5 nitrogen and oxygen atoms in total. The molecule has 2 saturated heterocycles. The number of methoxy groups -OCH3 is 1. The molecule has 1 spiro atoms. The van der Waals surface area contributed by atoms with Crippen molar-refractivity contribution in [3.8, 4) is 5.88 Å². The van der Waals surface area contributed by atoms with Crippen molar-refractivity contribution in [2.45, 2.75) is 37.8 Å². The number of piperidine rings is 1. The fraction of sp³-hybridized carbons (Fsp3) is 0.625. The zero-order valence-corrected chi connectivity index (χ0v) is 12.8. The molecule has 2 aliphatic heterocycles. The predicted octanol–water partition coefficient (Wildman–Crippen LogP) is 1.68. The van der Waals surface area contributed by atoms with Crippen LogP contribution in [-0.4, -0.2) is 53.5 Å². The van der Waals surface area contributed by atoms with Crippen molar-refractivity contribution in [1.29, 1.82) is 0 Å². The summed E-state index contributed by atoms with van der Waals surface area (Å²) in [6.07, 6.45) is 6.02. The summed E-state index contributed by atoms with van der Waals surface area (Å²) in [4.78, 5) is 21.2. The van der Waals surface area contributed by atoms with Gasteiger partial charge in [0.25, 0.3) is 0 Å². The second-order valence-corrected chi connectivity index (χ2v) is 6.10. The molecule has 3 heterocycles. The van der Waals surface area contributed by atoms with E-state index in [1.165, 1.54) is 0 Å². The van der Waals surface area contributed by atoms with E-state index in [9.17, 15) is 4.79 Å². The molecule has 21 heavy (non-hydrogen) atoms. The standard InChI is InChI=1S/C16H23N3O2/c1-18-9-3-7-16(15(18)20)8-4-10-19(16)12-13-5-6-14(21-2)17-11-13/h5-6,11H,3-4,7-10,12H2,1-2H3. The molecule has 1 unspecified atom stereocenters. The molecule has 5 heteroatoms. The van der Waals surface area contributed by atoms with E-state index >= 15 is 0 Å². The first-order chi connectivity index (χ1) is 10.2. The number of rotatable bonds is 3. The van der Waals surface area contributed by atoms with E-state index in [2.05, 4.69) is 9.88 Å². The molecule has 114 valence electrons. The number of likely N-dealkylation sites (tertiary alicyclic amines) is 2. The first-order valence-electron chi connectivity index (χ1n) is 7.65. The van der Waals surface area contributed by atoms with Crippen LogP contribution in [0.15, 0.2) is 18.3 Å². The van der Waals surface area contributed by atoms with Crippen molar-refractivity contribution in [3.63, 3.8) is 0 Å². The second-order valence-electron chi connectivity index (χ2n) is 6.10. The number of amides is 1. The van der Waals surface area contributed by atoms with E-state index in [0.29, 0.717) is 11.8 Å². The van der Waals surface area contributed by atoms with Gasteiger partial charge in [-0.1, -0.05) is 6.07 Å². The van der Waals surface area contributed by atoms with E-state index in [-0.39, 0.29) is 5.54 Å². The lowest BCUT2D eigenvalue weighted by molar-refractivity contribution is -0.146. The SMILES string of the molecule is COc1ccc(CN2CCCC23CCCN(C)C3=O)cn1. The Morgan fingerprint density at radius 2 is 2.05 bits per heavy atom. The van der Waals surface area contributed by atoms with Crippen LogP contribution in [0.4, 0.5) is 0 Å². The average Bonchev–Trinajstić information content (AvgIpc) is 2.89. The van der Waals surface area contributed by atoms with Crippen molar-refractivity contribution in [1.82, 2.24) is 14.8 Å². The maximum Gasteiger partial charge on any atom is 0.242 e. The van der Waals surface area contributed by atoms with Gasteiger partial charge in [-0.2, -0.15) is 0 Å². The zero-order chi connectivity index (χ0) is 14.9. The molecule has 2 fully saturated rings. The number of hydrogen-bond acceptors (Lipinski definition) is 4. The topological polar surface area (TPSA) is 45.7 Å². The van der Waals surface area contributed by atoms with Gasteiger partial charge in [0.1, 0.15) is 5.54 Å². The fourth-order valence-corrected chi connectivity index (χ4v) is 3.71. The molecule has 1 atom stereocenters. The third-order valence-corrected chi connectivity index (χ3v) is 4.83. The third-order valence-electron chi connectivity index (χ3n) is 4.83. The number of carbonyl (C=O) groups excluding carboxylic acids is 1. The van der Waals surface area contributed by atoms with Crippen molar-refractivity contribution in [2.24, 2.45) is 0 Å². The van der Waals surface area contributed by atoms with Crippen molar-refractivity contribution in [3.05, 3.63) is 23.9 Å². The lowest BCUT2D eigenvalue weighted by atomic mass is 9.85. The van der Waals surface area contributed by atoms with Crippen molar-refractivity contribution >= 4 is 5.91 Å². The van der Waals surface area contributed by atoms with Crippen LogP contribution in [-0.2, 0) is 11.3 Å². The van der Waals surface area contributed by atoms with Gasteiger partial charge < -0.3 is 9.64 Å². The number of aromatic nitrogens is 1. The highest BCUT2D eigenvalue weighted by Gasteiger charge is 2.49. The summed E-state index contributed by atoms with van der Waals surface area (Å²) >= 11 is 0. The van der Waals surface area contributed by atoms with Gasteiger partial charge in [-0.3, -0.25) is 9.69 Å². The van der Waals surface area contributed by atoms with E-state index < -0.39 is 0 Å². The number of likely N-dealkylation sites (N-methyl/N-ethyl adjacent to an activating group) is 1. The second kappa shape index (κ2) is 5.64. The van der Waals surface area contributed by atoms with Crippen LogP contribution in [0.25, 0.3) is 0 Å². The number of nitrogens with zero attached hydrogens (tertiary/aromatic N) is 3. The summed E-state index contributed by atoms with van der Waals surface area (Å²) in [5.74, 6) is 0.927. The maximum absolute atomic E-state index is 12.7. The molecule has 0 aliphatic carbocycles. The Morgan fingerprint density at radius 1 is 1.29 bits per heavy atom. The predicted molar refractivity (Wildman–Crippen MR) is 80.0 cm³/mol. The first kappa shape index (κ1) is 14.3. The molecule has 3 rings (SSSR count). The summed E-state index contributed by atoms with van der Waals surface area (Å²) < 4.78 is 5.09. The lowest BCUT2D eigenvalue weighted by Crippen LogP contribution is -2.58. The van der Waals surface area contributed by atoms with Crippen LogP contribution < -0.4 is 4.74 Å². The van der Waals surface area contributed by atoms with E-state index in [1.807, 2.05) is 30.3 Å². The number of carbonyl (C=O) groups is 1. The van der Waals surface area contributed by atoms with Crippen LogP contribution >= 0.6 is 0 Å². The van der Waals surface area contributed by atoms with E-state index in [1.54, 1.807) is 7.11 Å². The van der Waals surface area contributed by atoms with Crippen LogP contribution in [0, 0.1) is 0 Å². The quantitative estimate of drug-likeness (QED) is 0.849. The van der Waals surface area contributed by atoms with Crippen LogP contribution in [0.2, 0.25) is 0 Å². The number of ether oxygens (including phenoxy) is 1. The van der Waals surface area contributed by atoms with Crippen LogP contribution in [0.1, 0.15) is 31.2 Å². The van der Waals surface area contributed by atoms with Gasteiger partial charge in [0.2, 0.25) is 11.8 Å². The molecular weight excluding hydrogens is 266 g/mol. The van der Waals surface area contributed by atoms with E-state index in [4.69, 9.17) is 4.74 Å². The minimum absolute atomic E-state index is 0.271. The Morgan fingerprint density at radius 3 is 2.71 bits per heavy atom. The monoisotopic (exact) mass is 289 g/mol. The van der Waals surface area contributed by atoms with Gasteiger partial charge >= 0.3 is 0 Å².